The SMILES string of the molecule is CNC(CCC1CC1)c1cc(Cl)ccc1C. The highest BCUT2D eigenvalue weighted by molar-refractivity contribution is 6.30. The molecule has 2 rings (SSSR count). The predicted octanol–water partition coefficient (Wildman–Crippen LogP) is 4.10. The van der Waals surface area contributed by atoms with Crippen LogP contribution in [0.2, 0.25) is 5.02 Å². The number of nitrogens with one attached hydrogen (secondary N) is 1. The summed E-state index contributed by atoms with van der Waals surface area (Å²) >= 11 is 6.07. The van der Waals surface area contributed by atoms with Crippen LogP contribution in [-0.2, 0) is 0 Å². The van der Waals surface area contributed by atoms with E-state index >= 15 is 0 Å². The Kier molecular flexibility index (Phi) is 3.88. The summed E-state index contributed by atoms with van der Waals surface area (Å²) in [6, 6.07) is 6.64. The molecule has 0 heterocycles. The highest BCUT2D eigenvalue weighted by Gasteiger charge is 2.23. The van der Waals surface area contributed by atoms with Crippen molar-refractivity contribution in [2.45, 2.75) is 38.6 Å². The van der Waals surface area contributed by atoms with Crippen molar-refractivity contribution in [2.75, 3.05) is 7.05 Å². The van der Waals surface area contributed by atoms with E-state index in [-0.39, 0.29) is 0 Å². The molecule has 1 aromatic rings. The van der Waals surface area contributed by atoms with Crippen molar-refractivity contribution in [1.29, 1.82) is 0 Å². The van der Waals surface area contributed by atoms with Crippen molar-refractivity contribution in [3.8, 4) is 0 Å². The van der Waals surface area contributed by atoms with E-state index in [9.17, 15) is 0 Å². The van der Waals surface area contributed by atoms with Crippen LogP contribution in [0.1, 0.15) is 42.9 Å². The van der Waals surface area contributed by atoms with Gasteiger partial charge in [-0.3, -0.25) is 0 Å². The first-order valence-electron chi connectivity index (χ1n) is 6.14. The second kappa shape index (κ2) is 5.20. The molecule has 88 valence electrons. The number of benzene rings is 1. The molecular weight excluding hydrogens is 218 g/mol. The molecule has 1 aliphatic rings. The summed E-state index contributed by atoms with van der Waals surface area (Å²) in [4.78, 5) is 0. The first-order valence-corrected chi connectivity index (χ1v) is 6.52. The summed E-state index contributed by atoms with van der Waals surface area (Å²) in [5.41, 5.74) is 2.69. The third-order valence-electron chi connectivity index (χ3n) is 3.53. The Morgan fingerprint density at radius 1 is 1.44 bits per heavy atom. The van der Waals surface area contributed by atoms with Gasteiger partial charge >= 0.3 is 0 Å². The smallest absolute Gasteiger partial charge is 0.0409 e. The molecular formula is C14H20ClN. The van der Waals surface area contributed by atoms with Gasteiger partial charge in [0, 0.05) is 11.1 Å². The lowest BCUT2D eigenvalue weighted by Gasteiger charge is -2.19. The van der Waals surface area contributed by atoms with Gasteiger partial charge < -0.3 is 5.32 Å². The molecule has 1 aliphatic carbocycles. The van der Waals surface area contributed by atoms with Crippen LogP contribution in [0.5, 0.6) is 0 Å². The minimum atomic E-state index is 0.458. The van der Waals surface area contributed by atoms with Crippen molar-refractivity contribution < 1.29 is 0 Å². The monoisotopic (exact) mass is 237 g/mol. The first-order chi connectivity index (χ1) is 7.70. The van der Waals surface area contributed by atoms with Gasteiger partial charge in [0.05, 0.1) is 0 Å². The maximum atomic E-state index is 6.07. The van der Waals surface area contributed by atoms with Crippen LogP contribution < -0.4 is 5.32 Å². The third-order valence-corrected chi connectivity index (χ3v) is 3.76. The maximum Gasteiger partial charge on any atom is 0.0409 e. The van der Waals surface area contributed by atoms with Gasteiger partial charge in [-0.15, -0.1) is 0 Å². The molecule has 1 N–H and O–H groups in total. The van der Waals surface area contributed by atoms with E-state index in [1.807, 2.05) is 13.1 Å². The molecule has 0 aromatic heterocycles. The predicted molar refractivity (Wildman–Crippen MR) is 69.9 cm³/mol. The summed E-state index contributed by atoms with van der Waals surface area (Å²) in [5.74, 6) is 0.996. The molecule has 0 saturated heterocycles. The van der Waals surface area contributed by atoms with Crippen LogP contribution >= 0.6 is 11.6 Å². The quantitative estimate of drug-likeness (QED) is 0.813. The van der Waals surface area contributed by atoms with E-state index in [0.717, 1.165) is 10.9 Å². The normalized spacial score (nSPS) is 17.4. The molecule has 0 radical (unpaired) electrons. The van der Waals surface area contributed by atoms with Crippen molar-refractivity contribution in [3.05, 3.63) is 34.3 Å². The zero-order valence-electron chi connectivity index (χ0n) is 10.1. The Morgan fingerprint density at radius 3 is 2.81 bits per heavy atom. The summed E-state index contributed by atoms with van der Waals surface area (Å²) in [5, 5.41) is 4.25. The fourth-order valence-electron chi connectivity index (χ4n) is 2.25. The van der Waals surface area contributed by atoms with Crippen molar-refractivity contribution in [2.24, 2.45) is 5.92 Å². The van der Waals surface area contributed by atoms with E-state index < -0.39 is 0 Å². The van der Waals surface area contributed by atoms with E-state index in [0.29, 0.717) is 6.04 Å². The van der Waals surface area contributed by atoms with E-state index in [4.69, 9.17) is 11.6 Å². The summed E-state index contributed by atoms with van der Waals surface area (Å²) in [6.07, 6.45) is 5.44. The molecule has 2 heteroatoms. The van der Waals surface area contributed by atoms with Crippen molar-refractivity contribution in [1.82, 2.24) is 5.32 Å². The molecule has 0 amide bonds. The molecule has 1 atom stereocenters. The van der Waals surface area contributed by atoms with Crippen LogP contribution in [0.25, 0.3) is 0 Å². The van der Waals surface area contributed by atoms with Crippen LogP contribution in [0.15, 0.2) is 18.2 Å². The molecule has 1 saturated carbocycles. The Hall–Kier alpha value is -0.530. The minimum Gasteiger partial charge on any atom is -0.313 e. The Balaban J connectivity index is 2.07. The fraction of sp³-hybridized carbons (Fsp3) is 0.571. The molecule has 1 fully saturated rings. The van der Waals surface area contributed by atoms with Crippen molar-refractivity contribution in [3.63, 3.8) is 0 Å². The highest BCUT2D eigenvalue weighted by Crippen LogP contribution is 2.36. The average molecular weight is 238 g/mol. The highest BCUT2D eigenvalue weighted by atomic mass is 35.5. The number of aryl methyl sites for hydroxylation is 1. The number of halogens is 1. The number of rotatable bonds is 5. The molecule has 0 bridgehead atoms. The summed E-state index contributed by atoms with van der Waals surface area (Å²) < 4.78 is 0. The Labute approximate surface area is 103 Å². The van der Waals surface area contributed by atoms with Gasteiger partial charge in [-0.1, -0.05) is 30.5 Å². The molecule has 0 aliphatic heterocycles. The zero-order chi connectivity index (χ0) is 11.5. The van der Waals surface area contributed by atoms with E-state index in [1.54, 1.807) is 0 Å². The second-order valence-electron chi connectivity index (χ2n) is 4.86. The summed E-state index contributed by atoms with van der Waals surface area (Å²) in [7, 11) is 2.04. The standard InChI is InChI=1S/C14H20ClN/c1-10-3-7-12(15)9-13(10)14(16-2)8-6-11-4-5-11/h3,7,9,11,14,16H,4-6,8H2,1-2H3. The van der Waals surface area contributed by atoms with Gasteiger partial charge in [0.25, 0.3) is 0 Å². The van der Waals surface area contributed by atoms with E-state index in [2.05, 4.69) is 24.4 Å². The van der Waals surface area contributed by atoms with Gasteiger partial charge in [-0.05, 0) is 56.0 Å². The van der Waals surface area contributed by atoms with Gasteiger partial charge in [0.1, 0.15) is 0 Å². The molecule has 16 heavy (non-hydrogen) atoms. The Morgan fingerprint density at radius 2 is 2.19 bits per heavy atom. The summed E-state index contributed by atoms with van der Waals surface area (Å²) in [6.45, 7) is 2.16. The van der Waals surface area contributed by atoms with Crippen LogP contribution in [0, 0.1) is 12.8 Å². The lowest BCUT2D eigenvalue weighted by atomic mass is 9.96. The number of hydrogen-bond acceptors (Lipinski definition) is 1. The van der Waals surface area contributed by atoms with Gasteiger partial charge in [0.15, 0.2) is 0 Å². The maximum absolute atomic E-state index is 6.07. The third kappa shape index (κ3) is 2.99. The van der Waals surface area contributed by atoms with Crippen LogP contribution in [0.3, 0.4) is 0 Å². The largest absolute Gasteiger partial charge is 0.313 e. The topological polar surface area (TPSA) is 12.0 Å². The Bertz CT molecular complexity index is 358. The van der Waals surface area contributed by atoms with E-state index in [1.165, 1.54) is 36.8 Å². The van der Waals surface area contributed by atoms with Crippen molar-refractivity contribution >= 4 is 11.6 Å². The zero-order valence-corrected chi connectivity index (χ0v) is 10.8. The molecule has 0 spiro atoms. The lowest BCUT2D eigenvalue weighted by molar-refractivity contribution is 0.504. The van der Waals surface area contributed by atoms with Gasteiger partial charge in [-0.2, -0.15) is 0 Å². The molecule has 1 aromatic carbocycles. The minimum absolute atomic E-state index is 0.458. The first kappa shape index (κ1) is 11.9. The average Bonchev–Trinajstić information content (AvgIpc) is 3.07. The van der Waals surface area contributed by atoms with Crippen LogP contribution in [0.4, 0.5) is 0 Å². The molecule has 1 unspecified atom stereocenters. The number of hydrogen-bond donors (Lipinski definition) is 1. The van der Waals surface area contributed by atoms with Crippen LogP contribution in [-0.4, -0.2) is 7.05 Å². The molecule has 1 nitrogen and oxygen atoms in total. The van der Waals surface area contributed by atoms with Gasteiger partial charge in [0.2, 0.25) is 0 Å². The lowest BCUT2D eigenvalue weighted by Crippen LogP contribution is -2.17. The van der Waals surface area contributed by atoms with Gasteiger partial charge in [-0.25, -0.2) is 0 Å². The second-order valence-corrected chi connectivity index (χ2v) is 5.30. The fourth-order valence-corrected chi connectivity index (χ4v) is 2.43.